The van der Waals surface area contributed by atoms with Gasteiger partial charge < -0.3 is 10.6 Å². The molecule has 0 bridgehead atoms. The van der Waals surface area contributed by atoms with E-state index in [0.29, 0.717) is 17.8 Å². The first-order valence-corrected chi connectivity index (χ1v) is 7.30. The molecule has 21 heavy (non-hydrogen) atoms. The lowest BCUT2D eigenvalue weighted by Gasteiger charge is -2.26. The Morgan fingerprint density at radius 1 is 1.38 bits per heavy atom. The number of anilines is 1. The summed E-state index contributed by atoms with van der Waals surface area (Å²) in [5.41, 5.74) is 0.737. The second-order valence-corrected chi connectivity index (χ2v) is 5.74. The van der Waals surface area contributed by atoms with E-state index in [1.54, 1.807) is 6.07 Å². The van der Waals surface area contributed by atoms with Crippen LogP contribution in [0.5, 0.6) is 0 Å². The molecule has 0 aliphatic heterocycles. The number of hydrogen-bond acceptors (Lipinski definition) is 4. The number of carbonyl (C=O) groups is 1. The van der Waals surface area contributed by atoms with Gasteiger partial charge in [-0.05, 0) is 38.8 Å². The molecule has 6 heteroatoms. The quantitative estimate of drug-likeness (QED) is 0.645. The van der Waals surface area contributed by atoms with E-state index in [-0.39, 0.29) is 17.1 Å². The lowest BCUT2D eigenvalue weighted by atomic mass is 9.99. The highest BCUT2D eigenvalue weighted by molar-refractivity contribution is 5.95. The van der Waals surface area contributed by atoms with Gasteiger partial charge in [0.25, 0.3) is 11.6 Å². The van der Waals surface area contributed by atoms with Crippen molar-refractivity contribution in [2.24, 2.45) is 0 Å². The van der Waals surface area contributed by atoms with Crippen LogP contribution in [0.4, 0.5) is 11.4 Å². The van der Waals surface area contributed by atoms with E-state index in [9.17, 15) is 14.9 Å². The van der Waals surface area contributed by atoms with E-state index < -0.39 is 4.92 Å². The van der Waals surface area contributed by atoms with Crippen LogP contribution >= 0.6 is 0 Å². The molecule has 0 atom stereocenters. The van der Waals surface area contributed by atoms with Crippen molar-refractivity contribution in [3.05, 3.63) is 33.9 Å². The minimum absolute atomic E-state index is 0.0103. The van der Waals surface area contributed by atoms with Gasteiger partial charge in [-0.25, -0.2) is 0 Å². The van der Waals surface area contributed by atoms with Crippen LogP contribution in [0.1, 0.15) is 49.9 Å². The maximum atomic E-state index is 11.9. The molecule has 1 aliphatic rings. The molecule has 0 unspecified atom stereocenters. The molecule has 0 aromatic heterocycles. The first kappa shape index (κ1) is 15.3. The molecule has 0 heterocycles. The van der Waals surface area contributed by atoms with Gasteiger partial charge in [0.15, 0.2) is 0 Å². The molecule has 2 rings (SSSR count). The van der Waals surface area contributed by atoms with E-state index in [0.717, 1.165) is 25.7 Å². The Balaban J connectivity index is 2.32. The first-order valence-electron chi connectivity index (χ1n) is 7.30. The molecular formula is C15H21N3O3. The lowest BCUT2D eigenvalue weighted by Crippen LogP contribution is -2.31. The highest BCUT2D eigenvalue weighted by Gasteiger charge is 2.30. The molecule has 1 aromatic carbocycles. The van der Waals surface area contributed by atoms with Crippen LogP contribution in [-0.2, 0) is 0 Å². The molecule has 0 spiro atoms. The summed E-state index contributed by atoms with van der Waals surface area (Å²) in [5.74, 6) is -0.216. The standard InChI is InChI=1S/C15H21N3O3/c1-3-16-14(19)11-6-7-13(18(20)21)12(10-11)17-15(2)8-4-5-9-15/h6-7,10,17H,3-5,8-9H2,1-2H3,(H,16,19). The van der Waals surface area contributed by atoms with Gasteiger partial charge >= 0.3 is 0 Å². The van der Waals surface area contributed by atoms with Crippen LogP contribution in [0.2, 0.25) is 0 Å². The van der Waals surface area contributed by atoms with Gasteiger partial charge in [0.05, 0.1) is 4.92 Å². The Labute approximate surface area is 124 Å². The van der Waals surface area contributed by atoms with Gasteiger partial charge in [0.2, 0.25) is 0 Å². The zero-order valence-corrected chi connectivity index (χ0v) is 12.4. The van der Waals surface area contributed by atoms with E-state index in [1.807, 2.05) is 6.92 Å². The topological polar surface area (TPSA) is 84.3 Å². The van der Waals surface area contributed by atoms with Gasteiger partial charge in [-0.2, -0.15) is 0 Å². The maximum absolute atomic E-state index is 11.9. The third-order valence-corrected chi connectivity index (χ3v) is 3.94. The Morgan fingerprint density at radius 3 is 2.62 bits per heavy atom. The van der Waals surface area contributed by atoms with E-state index in [2.05, 4.69) is 17.6 Å². The minimum Gasteiger partial charge on any atom is -0.374 e. The van der Waals surface area contributed by atoms with Crippen LogP contribution < -0.4 is 10.6 Å². The average molecular weight is 291 g/mol. The molecule has 1 amide bonds. The Morgan fingerprint density at radius 2 is 2.05 bits per heavy atom. The molecule has 6 nitrogen and oxygen atoms in total. The molecule has 0 radical (unpaired) electrons. The fraction of sp³-hybridized carbons (Fsp3) is 0.533. The Hall–Kier alpha value is -2.11. The fourth-order valence-corrected chi connectivity index (χ4v) is 2.80. The second-order valence-electron chi connectivity index (χ2n) is 5.74. The monoisotopic (exact) mass is 291 g/mol. The van der Waals surface area contributed by atoms with E-state index in [1.165, 1.54) is 12.1 Å². The van der Waals surface area contributed by atoms with Gasteiger partial charge in [0.1, 0.15) is 5.69 Å². The summed E-state index contributed by atoms with van der Waals surface area (Å²) in [6, 6.07) is 4.46. The van der Waals surface area contributed by atoms with Crippen molar-refractivity contribution in [3.8, 4) is 0 Å². The van der Waals surface area contributed by atoms with Crippen molar-refractivity contribution >= 4 is 17.3 Å². The first-order chi connectivity index (χ1) is 9.95. The van der Waals surface area contributed by atoms with Gasteiger partial charge in [-0.15, -0.1) is 0 Å². The van der Waals surface area contributed by atoms with Crippen LogP contribution in [0.25, 0.3) is 0 Å². The maximum Gasteiger partial charge on any atom is 0.292 e. The van der Waals surface area contributed by atoms with E-state index in [4.69, 9.17) is 0 Å². The molecule has 2 N–H and O–H groups in total. The van der Waals surface area contributed by atoms with Crippen LogP contribution in [0, 0.1) is 10.1 Å². The number of nitro groups is 1. The fourth-order valence-electron chi connectivity index (χ4n) is 2.80. The third kappa shape index (κ3) is 3.51. The van der Waals surface area contributed by atoms with Crippen LogP contribution in [-0.4, -0.2) is 22.9 Å². The molecular weight excluding hydrogens is 270 g/mol. The highest BCUT2D eigenvalue weighted by atomic mass is 16.6. The average Bonchev–Trinajstić information content (AvgIpc) is 2.85. The molecule has 1 fully saturated rings. The number of carbonyl (C=O) groups excluding carboxylic acids is 1. The van der Waals surface area contributed by atoms with E-state index >= 15 is 0 Å². The van der Waals surface area contributed by atoms with Crippen LogP contribution in [0.3, 0.4) is 0 Å². The summed E-state index contributed by atoms with van der Waals surface area (Å²) < 4.78 is 0. The highest BCUT2D eigenvalue weighted by Crippen LogP contribution is 2.36. The summed E-state index contributed by atoms with van der Waals surface area (Å²) >= 11 is 0. The van der Waals surface area contributed by atoms with Crippen molar-refractivity contribution in [1.29, 1.82) is 0 Å². The lowest BCUT2D eigenvalue weighted by molar-refractivity contribution is -0.384. The Bertz CT molecular complexity index is 551. The smallest absolute Gasteiger partial charge is 0.292 e. The number of nitro benzene ring substituents is 1. The summed E-state index contributed by atoms with van der Waals surface area (Å²) in [6.45, 7) is 4.43. The van der Waals surface area contributed by atoms with Crippen molar-refractivity contribution in [3.63, 3.8) is 0 Å². The summed E-state index contributed by atoms with van der Waals surface area (Å²) in [7, 11) is 0. The number of hydrogen-bond donors (Lipinski definition) is 2. The number of amides is 1. The van der Waals surface area contributed by atoms with Crippen molar-refractivity contribution in [1.82, 2.24) is 5.32 Å². The number of nitrogens with zero attached hydrogens (tertiary/aromatic N) is 1. The second kappa shape index (κ2) is 6.11. The SMILES string of the molecule is CCNC(=O)c1ccc([N+](=O)[O-])c(NC2(C)CCCC2)c1. The largest absolute Gasteiger partial charge is 0.374 e. The molecule has 1 aliphatic carbocycles. The van der Waals surface area contributed by atoms with Crippen molar-refractivity contribution < 1.29 is 9.72 Å². The summed E-state index contributed by atoms with van der Waals surface area (Å²) in [5, 5.41) is 17.2. The third-order valence-electron chi connectivity index (χ3n) is 3.94. The molecule has 1 aromatic rings. The number of nitrogens with one attached hydrogen (secondary N) is 2. The van der Waals surface area contributed by atoms with Gasteiger partial charge in [0, 0.05) is 23.7 Å². The van der Waals surface area contributed by atoms with Crippen molar-refractivity contribution in [2.75, 3.05) is 11.9 Å². The minimum atomic E-state index is -0.415. The molecule has 0 saturated heterocycles. The van der Waals surface area contributed by atoms with Gasteiger partial charge in [-0.1, -0.05) is 12.8 Å². The number of rotatable bonds is 5. The zero-order valence-electron chi connectivity index (χ0n) is 12.4. The zero-order chi connectivity index (χ0) is 15.5. The number of benzene rings is 1. The summed E-state index contributed by atoms with van der Waals surface area (Å²) in [6.07, 6.45) is 4.20. The van der Waals surface area contributed by atoms with Gasteiger partial charge in [-0.3, -0.25) is 14.9 Å². The normalized spacial score (nSPS) is 16.5. The molecule has 114 valence electrons. The van der Waals surface area contributed by atoms with Crippen LogP contribution in [0.15, 0.2) is 18.2 Å². The predicted molar refractivity (Wildman–Crippen MR) is 81.6 cm³/mol. The summed E-state index contributed by atoms with van der Waals surface area (Å²) in [4.78, 5) is 22.6. The Kier molecular flexibility index (Phi) is 4.45. The predicted octanol–water partition coefficient (Wildman–Crippen LogP) is 3.09. The molecule has 1 saturated carbocycles. The van der Waals surface area contributed by atoms with Crippen molar-refractivity contribution in [2.45, 2.75) is 45.1 Å².